The fourth-order valence-corrected chi connectivity index (χ4v) is 15.4. The van der Waals surface area contributed by atoms with E-state index in [9.17, 15) is 50.4 Å². The van der Waals surface area contributed by atoms with Gasteiger partial charge in [-0.3, -0.25) is 0 Å². The first-order valence-corrected chi connectivity index (χ1v) is 37.1. The van der Waals surface area contributed by atoms with Crippen LogP contribution in [-0.2, 0) is 57.0 Å². The quantitative estimate of drug-likeness (QED) is 0.0666. The van der Waals surface area contributed by atoms with Gasteiger partial charge in [-0.05, 0) is 129 Å². The van der Waals surface area contributed by atoms with Crippen LogP contribution in [0.15, 0.2) is 71.9 Å². The number of aliphatic hydroxyl groups is 8. The zero-order valence-corrected chi connectivity index (χ0v) is 62.3. The van der Waals surface area contributed by atoms with Gasteiger partial charge in [0.25, 0.3) is 0 Å². The smallest absolute Gasteiger partial charge is 0.331 e. The summed E-state index contributed by atoms with van der Waals surface area (Å²) in [5.74, 6) is -5.33. The third kappa shape index (κ3) is 28.1. The molecule has 8 N–H and O–H groups in total. The average molecular weight is 1390 g/mol. The average Bonchev–Trinajstić information content (AvgIpc) is 0.873. The summed E-state index contributed by atoms with van der Waals surface area (Å²) in [5, 5.41) is 93.8. The van der Waals surface area contributed by atoms with E-state index in [-0.39, 0.29) is 86.4 Å². The molecule has 2 saturated heterocycles. The number of allylic oxidation sites excluding steroid dienone is 4. The van der Waals surface area contributed by atoms with E-state index in [0.717, 1.165) is 36.8 Å². The van der Waals surface area contributed by atoms with Gasteiger partial charge in [0.2, 0.25) is 0 Å². The topological polar surface area (TPSA) is 288 Å². The second kappa shape index (κ2) is 43.1. The highest BCUT2D eigenvalue weighted by atomic mass is 16.6. The van der Waals surface area contributed by atoms with Crippen molar-refractivity contribution >= 4 is 11.9 Å². The van der Waals surface area contributed by atoms with Crippen LogP contribution in [0.4, 0.5) is 0 Å². The number of methoxy groups -OCH3 is 4. The van der Waals surface area contributed by atoms with E-state index in [4.69, 9.17) is 47.4 Å². The highest BCUT2D eigenvalue weighted by Crippen LogP contribution is 2.37. The molecule has 20 nitrogen and oxygen atoms in total. The van der Waals surface area contributed by atoms with Gasteiger partial charge in [-0.1, -0.05) is 115 Å². The Balaban J connectivity index is 1.36. The monoisotopic (exact) mass is 1390 g/mol. The molecule has 0 amide bonds. The minimum atomic E-state index is -1.14. The number of ether oxygens (including phenoxy) is 10. The summed E-state index contributed by atoms with van der Waals surface area (Å²) in [6, 6.07) is 0. The number of fused-ring (bicyclic) bond motifs is 4. The molecule has 5 rings (SSSR count). The van der Waals surface area contributed by atoms with Crippen molar-refractivity contribution in [3.8, 4) is 0 Å². The van der Waals surface area contributed by atoms with Crippen LogP contribution in [-0.4, -0.2) is 216 Å². The molecule has 5 heterocycles. The predicted molar refractivity (Wildman–Crippen MR) is 377 cm³/mol. The number of aliphatic hydroxyl groups excluding tert-OH is 8. The Morgan fingerprint density at radius 1 is 0.429 bits per heavy atom. The van der Waals surface area contributed by atoms with Crippen LogP contribution in [0.2, 0.25) is 0 Å². The number of carbonyl (C=O) groups is 2. The molecule has 4 bridgehead atoms. The molecule has 98 heavy (non-hydrogen) atoms. The highest BCUT2D eigenvalue weighted by Gasteiger charge is 2.42. The summed E-state index contributed by atoms with van der Waals surface area (Å²) < 4.78 is 61.5. The number of carbonyl (C=O) groups excluding carboxylic acids is 2. The van der Waals surface area contributed by atoms with Crippen molar-refractivity contribution in [2.75, 3.05) is 28.4 Å². The summed E-state index contributed by atoms with van der Waals surface area (Å²) in [5.41, 5.74) is 1.44. The lowest BCUT2D eigenvalue weighted by Gasteiger charge is -2.38. The van der Waals surface area contributed by atoms with Gasteiger partial charge in [0.1, 0.15) is 12.2 Å². The lowest BCUT2D eigenvalue weighted by Crippen LogP contribution is -2.45. The molecule has 0 aromatic carbocycles. The molecule has 0 radical (unpaired) electrons. The number of hydrogen-bond acceptors (Lipinski definition) is 20. The van der Waals surface area contributed by atoms with Crippen LogP contribution in [0.3, 0.4) is 0 Å². The molecule has 20 heteroatoms. The fourth-order valence-electron chi connectivity index (χ4n) is 15.4. The third-order valence-corrected chi connectivity index (χ3v) is 22.3. The number of cyclic esters (lactones) is 2. The van der Waals surface area contributed by atoms with Gasteiger partial charge in [0, 0.05) is 102 Å². The molecule has 5 aliphatic heterocycles. The third-order valence-electron chi connectivity index (χ3n) is 22.3. The molecule has 564 valence electrons. The van der Waals surface area contributed by atoms with Crippen LogP contribution in [0.25, 0.3) is 0 Å². The Morgan fingerprint density at radius 2 is 0.786 bits per heavy atom. The van der Waals surface area contributed by atoms with Crippen LogP contribution >= 0.6 is 0 Å². The molecule has 0 spiro atoms. The van der Waals surface area contributed by atoms with Crippen LogP contribution in [0.1, 0.15) is 199 Å². The van der Waals surface area contributed by atoms with Crippen molar-refractivity contribution in [3.63, 3.8) is 0 Å². The summed E-state index contributed by atoms with van der Waals surface area (Å²) in [7, 11) is 6.59. The van der Waals surface area contributed by atoms with Gasteiger partial charge in [-0.15, -0.1) is 0 Å². The van der Waals surface area contributed by atoms with Crippen LogP contribution in [0, 0.1) is 47.3 Å². The Bertz CT molecular complexity index is 2320. The second-order valence-electron chi connectivity index (χ2n) is 30.3. The summed E-state index contributed by atoms with van der Waals surface area (Å²) in [6.45, 7) is 22.6. The number of hydrogen-bond donors (Lipinski definition) is 8. The summed E-state index contributed by atoms with van der Waals surface area (Å²) >= 11 is 0. The van der Waals surface area contributed by atoms with Gasteiger partial charge < -0.3 is 88.2 Å². The SMILES string of the molecule is CO[C@H]1C[C@H](CC[C@H](C)[C@@H]2OC(=O)/C=C/C(C)=C/C[C@H](O)C[C@@H]3C=CC[C@@H](C[C@H](OC)[C@@H](C)[C@@H](O)C[C@@H](O)[C@H](C)[C@H](O)[C@H](C)[C@H]([C@@H](C)CC[C@H]4C[C@H](OC)C[C@H](C)O4)OC(=O)/C=C/C(C)=C/C[C@H](O)C[C@@H]4C=CC[C@@H](C[C@H](OC)[C@@H](C)[C@@H](O)C[C@@H](O)[C@H](C)[C@H](O)[C@H]2C)O4)O3)O[C@@H](C)C1. The highest BCUT2D eigenvalue weighted by molar-refractivity contribution is 5.83. The van der Waals surface area contributed by atoms with Gasteiger partial charge in [-0.2, -0.15) is 0 Å². The molecule has 0 aromatic heterocycles. The zero-order valence-electron chi connectivity index (χ0n) is 62.3. The standard InChI is InChI=1S/C78H132O20/c1-45-23-29-57(79)37-59-19-17-21-61(95-59)41-71(91-15)51(7)68(82)44-70(84)54(10)76(88)56(12)78(48(4)28-32-64-40-66(90-14)36-50(6)94-64)98-74(86)34-26-46(2)24-30-58(80)38-60-20-18-22-62(96-60)42-72(92-16)52(8)67(81)43-69(83)53(9)75(87)55(11)77(97-73(85)33-25-45)47(3)27-31-63-39-65(89-13)35-49(5)93-63/h17-20,23-26,33-34,47-72,75-84,87-88H,21-22,27-32,35-44H2,1-16H3/b33-25+,34-26+,45-23+,46-24+/t47-,48-,49-,50-,51-,52-,53-,54-,55-,56+,57-,58-,59-,60-,61-,62-,63-,64-,65+,66+,67-,68-,69+,70+,71-,72-,75-,76-,77-,78-/m0/s1. The largest absolute Gasteiger partial charge is 0.459 e. The summed E-state index contributed by atoms with van der Waals surface area (Å²) in [6.07, 6.45) is 14.4. The second-order valence-corrected chi connectivity index (χ2v) is 30.3. The minimum Gasteiger partial charge on any atom is -0.459 e. The van der Waals surface area contributed by atoms with E-state index in [2.05, 4.69) is 0 Å². The maximum atomic E-state index is 13.8. The Hall–Kier alpha value is -3.26. The lowest BCUT2D eigenvalue weighted by molar-refractivity contribution is -0.156. The van der Waals surface area contributed by atoms with Crippen LogP contribution in [0.5, 0.6) is 0 Å². The molecule has 2 fully saturated rings. The first-order chi connectivity index (χ1) is 46.4. The van der Waals surface area contributed by atoms with Gasteiger partial charge in [0.15, 0.2) is 0 Å². The van der Waals surface area contributed by atoms with Crippen molar-refractivity contribution in [2.24, 2.45) is 47.3 Å². The van der Waals surface area contributed by atoms with Crippen molar-refractivity contribution < 1.29 is 97.8 Å². The maximum Gasteiger partial charge on any atom is 0.331 e. The molecule has 0 aliphatic carbocycles. The number of esters is 2. The molecular formula is C78H132O20. The van der Waals surface area contributed by atoms with E-state index >= 15 is 0 Å². The fraction of sp³-hybridized carbons (Fsp3) is 0.821. The predicted octanol–water partition coefficient (Wildman–Crippen LogP) is 10.1. The molecule has 0 aromatic rings. The lowest BCUT2D eigenvalue weighted by atomic mass is 9.79. The Labute approximate surface area is 587 Å². The van der Waals surface area contributed by atoms with Crippen molar-refractivity contribution in [3.05, 3.63) is 71.9 Å². The normalized spacial score (nSPS) is 43.3. The Kier molecular flexibility index (Phi) is 37.6. The number of rotatable bonds is 12. The van der Waals surface area contributed by atoms with Crippen molar-refractivity contribution in [1.82, 2.24) is 0 Å². The van der Waals surface area contributed by atoms with E-state index in [1.165, 1.54) is 12.2 Å². The molecule has 30 atom stereocenters. The minimum absolute atomic E-state index is 0.0275. The van der Waals surface area contributed by atoms with E-state index < -0.39 is 133 Å². The molecule has 0 saturated carbocycles. The maximum absolute atomic E-state index is 13.8. The first kappa shape index (κ1) is 85.4. The van der Waals surface area contributed by atoms with Crippen LogP contribution < -0.4 is 0 Å². The zero-order chi connectivity index (χ0) is 72.5. The van der Waals surface area contributed by atoms with Crippen molar-refractivity contribution in [1.29, 1.82) is 0 Å². The van der Waals surface area contributed by atoms with E-state index in [1.54, 1.807) is 54.4 Å². The van der Waals surface area contributed by atoms with Crippen molar-refractivity contribution in [2.45, 2.75) is 333 Å². The Morgan fingerprint density at radius 3 is 1.13 bits per heavy atom. The first-order valence-electron chi connectivity index (χ1n) is 37.1. The van der Waals surface area contributed by atoms with E-state index in [0.29, 0.717) is 64.2 Å². The van der Waals surface area contributed by atoms with Gasteiger partial charge >= 0.3 is 11.9 Å². The summed E-state index contributed by atoms with van der Waals surface area (Å²) in [4.78, 5) is 27.7. The van der Waals surface area contributed by atoms with E-state index in [1.807, 2.05) is 106 Å². The molecule has 0 unspecified atom stereocenters. The van der Waals surface area contributed by atoms with Gasteiger partial charge in [-0.25, -0.2) is 9.59 Å². The van der Waals surface area contributed by atoms with Gasteiger partial charge in [0.05, 0.1) is 122 Å². The molecule has 5 aliphatic rings. The molecular weight excluding hydrogens is 1260 g/mol.